The number of morpholine rings is 1. The van der Waals surface area contributed by atoms with E-state index in [4.69, 9.17) is 15.5 Å². The highest BCUT2D eigenvalue weighted by molar-refractivity contribution is 5.78. The molecule has 11 heteroatoms. The molecular formula is C31H31F3N6O2. The number of anilines is 5. The minimum absolute atomic E-state index is 0.0720. The zero-order chi connectivity index (χ0) is 29.4. The molecule has 0 radical (unpaired) electrons. The Morgan fingerprint density at radius 3 is 2.24 bits per heavy atom. The summed E-state index contributed by atoms with van der Waals surface area (Å²) in [4.78, 5) is 13.5. The topological polar surface area (TPSA) is 99.8 Å². The van der Waals surface area contributed by atoms with Crippen molar-refractivity contribution in [3.8, 4) is 22.3 Å². The van der Waals surface area contributed by atoms with E-state index >= 15 is 0 Å². The number of aromatic nitrogens is 2. The number of halogens is 3. The van der Waals surface area contributed by atoms with E-state index in [9.17, 15) is 18.3 Å². The lowest BCUT2D eigenvalue weighted by molar-refractivity contribution is -0.136. The van der Waals surface area contributed by atoms with Crippen LogP contribution in [-0.2, 0) is 10.9 Å². The van der Waals surface area contributed by atoms with Crippen molar-refractivity contribution in [2.75, 3.05) is 60.2 Å². The Bertz CT molecular complexity index is 1580. The summed E-state index contributed by atoms with van der Waals surface area (Å²) in [6.07, 6.45) is -3.45. The van der Waals surface area contributed by atoms with Gasteiger partial charge in [0.05, 0.1) is 42.5 Å². The van der Waals surface area contributed by atoms with E-state index in [-0.39, 0.29) is 5.69 Å². The van der Waals surface area contributed by atoms with Gasteiger partial charge in [0.2, 0.25) is 0 Å². The maximum Gasteiger partial charge on any atom is 0.418 e. The lowest BCUT2D eigenvalue weighted by Gasteiger charge is -2.38. The van der Waals surface area contributed by atoms with Crippen molar-refractivity contribution in [1.82, 2.24) is 9.97 Å². The maximum atomic E-state index is 14.2. The number of nitrogens with one attached hydrogen (secondary N) is 1. The highest BCUT2D eigenvalue weighted by atomic mass is 19.4. The first-order chi connectivity index (χ1) is 20.1. The molecule has 4 aromatic rings. The van der Waals surface area contributed by atoms with E-state index in [0.29, 0.717) is 61.9 Å². The average Bonchev–Trinajstić information content (AvgIpc) is 2.97. The number of hydrogen-bond donors (Lipinski definition) is 3. The molecule has 0 bridgehead atoms. The molecule has 4 heterocycles. The molecule has 2 aliphatic rings. The monoisotopic (exact) mass is 576 g/mol. The van der Waals surface area contributed by atoms with Crippen molar-refractivity contribution < 1.29 is 23.0 Å². The summed E-state index contributed by atoms with van der Waals surface area (Å²) in [6, 6.07) is 16.7. The van der Waals surface area contributed by atoms with Crippen LogP contribution in [0.15, 0.2) is 66.9 Å². The van der Waals surface area contributed by atoms with Crippen LogP contribution in [0.1, 0.15) is 11.3 Å². The number of β-amino-alcohol motifs (C(OH)–C–C–N with tert-alkyl or cyclic N) is 1. The van der Waals surface area contributed by atoms with E-state index in [2.05, 4.69) is 15.2 Å². The molecule has 42 heavy (non-hydrogen) atoms. The van der Waals surface area contributed by atoms with Crippen LogP contribution >= 0.6 is 0 Å². The van der Waals surface area contributed by atoms with Gasteiger partial charge >= 0.3 is 6.18 Å². The summed E-state index contributed by atoms with van der Waals surface area (Å²) in [5.74, 6) is 1.51. The average molecular weight is 577 g/mol. The third-order valence-electron chi connectivity index (χ3n) is 7.57. The molecule has 0 unspecified atom stereocenters. The van der Waals surface area contributed by atoms with Gasteiger partial charge in [0.25, 0.3) is 0 Å². The Morgan fingerprint density at radius 2 is 1.57 bits per heavy atom. The first-order valence-electron chi connectivity index (χ1n) is 13.7. The number of ether oxygens (including phenoxy) is 1. The molecule has 2 aromatic carbocycles. The van der Waals surface area contributed by atoms with Gasteiger partial charge in [-0.1, -0.05) is 18.2 Å². The van der Waals surface area contributed by atoms with E-state index < -0.39 is 17.8 Å². The number of pyridine rings is 2. The normalized spacial score (nSPS) is 15.9. The largest absolute Gasteiger partial charge is 0.418 e. The SMILES string of the molecule is Cc1ncc(Nc2ccc(-c3ccc(N)cc3)cc2C(F)(F)F)cc1-c1cc(N2CCOCC2)nc(N2CC(O)C2)c1. The zero-order valence-corrected chi connectivity index (χ0v) is 23.0. The Hall–Kier alpha value is -4.35. The summed E-state index contributed by atoms with van der Waals surface area (Å²) in [5.41, 5.74) is 9.26. The highest BCUT2D eigenvalue weighted by Gasteiger charge is 2.34. The second-order valence-corrected chi connectivity index (χ2v) is 10.6. The van der Waals surface area contributed by atoms with Crippen LogP contribution in [0, 0.1) is 6.92 Å². The summed E-state index contributed by atoms with van der Waals surface area (Å²) >= 11 is 0. The second-order valence-electron chi connectivity index (χ2n) is 10.6. The Morgan fingerprint density at radius 1 is 0.905 bits per heavy atom. The molecule has 0 atom stereocenters. The summed E-state index contributed by atoms with van der Waals surface area (Å²) in [7, 11) is 0. The third-order valence-corrected chi connectivity index (χ3v) is 7.57. The molecule has 0 aliphatic carbocycles. The van der Waals surface area contributed by atoms with Crippen LogP contribution in [0.2, 0.25) is 0 Å². The van der Waals surface area contributed by atoms with Gasteiger partial charge in [-0.15, -0.1) is 0 Å². The molecule has 2 aromatic heterocycles. The minimum Gasteiger partial charge on any atom is -0.399 e. The number of alkyl halides is 3. The number of aliphatic hydroxyl groups excluding tert-OH is 1. The predicted molar refractivity (Wildman–Crippen MR) is 158 cm³/mol. The summed E-state index contributed by atoms with van der Waals surface area (Å²) < 4.78 is 48.1. The van der Waals surface area contributed by atoms with E-state index in [1.54, 1.807) is 30.3 Å². The van der Waals surface area contributed by atoms with Crippen LogP contribution in [0.3, 0.4) is 0 Å². The number of aryl methyl sites for hydroxylation is 1. The molecule has 0 amide bonds. The van der Waals surface area contributed by atoms with Gasteiger partial charge in [-0.2, -0.15) is 13.2 Å². The molecule has 2 saturated heterocycles. The van der Waals surface area contributed by atoms with Crippen molar-refractivity contribution >= 4 is 28.7 Å². The molecule has 0 saturated carbocycles. The predicted octanol–water partition coefficient (Wildman–Crippen LogP) is 5.48. The van der Waals surface area contributed by atoms with Gasteiger partial charge in [-0.25, -0.2) is 4.98 Å². The van der Waals surface area contributed by atoms with E-state index in [1.807, 2.05) is 30.0 Å². The first kappa shape index (κ1) is 27.8. The van der Waals surface area contributed by atoms with Crippen molar-refractivity contribution in [2.45, 2.75) is 19.2 Å². The summed E-state index contributed by atoms with van der Waals surface area (Å²) in [6.45, 7) is 5.44. The zero-order valence-electron chi connectivity index (χ0n) is 23.0. The van der Waals surface area contributed by atoms with E-state index in [0.717, 1.165) is 34.5 Å². The van der Waals surface area contributed by atoms with Crippen LogP contribution in [0.4, 0.5) is 41.9 Å². The van der Waals surface area contributed by atoms with Gasteiger partial charge in [0, 0.05) is 43.1 Å². The lowest BCUT2D eigenvalue weighted by Crippen LogP contribution is -2.51. The van der Waals surface area contributed by atoms with Crippen molar-refractivity contribution in [2.24, 2.45) is 0 Å². The Kier molecular flexibility index (Phi) is 7.38. The molecule has 2 fully saturated rings. The van der Waals surface area contributed by atoms with E-state index in [1.165, 1.54) is 12.3 Å². The molecular weight excluding hydrogens is 545 g/mol. The fourth-order valence-electron chi connectivity index (χ4n) is 5.21. The second kappa shape index (κ2) is 11.1. The van der Waals surface area contributed by atoms with Gasteiger partial charge < -0.3 is 30.7 Å². The number of benzene rings is 2. The molecule has 6 rings (SSSR count). The van der Waals surface area contributed by atoms with Gasteiger partial charge in [-0.3, -0.25) is 4.98 Å². The number of aliphatic hydroxyl groups is 1. The fraction of sp³-hybridized carbons (Fsp3) is 0.290. The van der Waals surface area contributed by atoms with Crippen LogP contribution in [0.25, 0.3) is 22.3 Å². The van der Waals surface area contributed by atoms with Crippen molar-refractivity contribution in [3.05, 3.63) is 78.1 Å². The first-order valence-corrected chi connectivity index (χ1v) is 13.7. The standard InChI is InChI=1S/C31H31F3N6O2/c1-19-26(22-13-29(39-8-10-42-11-9-39)38-30(14-22)40-17-25(41)18-40)15-24(16-36-19)37-28-7-4-21(12-27(28)31(32,33)34)20-2-5-23(35)6-3-20/h2-7,12-16,25,37,41H,8-11,17-18,35H2,1H3. The fourth-order valence-corrected chi connectivity index (χ4v) is 5.21. The van der Waals surface area contributed by atoms with Gasteiger partial charge in [-0.05, 0) is 66.1 Å². The number of rotatable bonds is 6. The lowest BCUT2D eigenvalue weighted by atomic mass is 10.0. The van der Waals surface area contributed by atoms with Crippen molar-refractivity contribution in [1.29, 1.82) is 0 Å². The molecule has 2 aliphatic heterocycles. The Balaban J connectivity index is 1.35. The van der Waals surface area contributed by atoms with Crippen molar-refractivity contribution in [3.63, 3.8) is 0 Å². The van der Waals surface area contributed by atoms with Crippen LogP contribution in [-0.4, -0.2) is 60.6 Å². The molecule has 8 nitrogen and oxygen atoms in total. The smallest absolute Gasteiger partial charge is 0.399 e. The third kappa shape index (κ3) is 5.83. The minimum atomic E-state index is -4.58. The molecule has 218 valence electrons. The number of nitrogen functional groups attached to an aromatic ring is 1. The van der Waals surface area contributed by atoms with Gasteiger partial charge in [0.15, 0.2) is 0 Å². The molecule has 4 N–H and O–H groups in total. The van der Waals surface area contributed by atoms with Crippen LogP contribution < -0.4 is 20.9 Å². The van der Waals surface area contributed by atoms with Crippen LogP contribution in [0.5, 0.6) is 0 Å². The number of hydrogen-bond acceptors (Lipinski definition) is 8. The maximum absolute atomic E-state index is 14.2. The highest BCUT2D eigenvalue weighted by Crippen LogP contribution is 2.40. The molecule has 0 spiro atoms. The number of nitrogens with two attached hydrogens (primary N) is 1. The quantitative estimate of drug-likeness (QED) is 0.260. The number of nitrogens with zero attached hydrogens (tertiary/aromatic N) is 4. The van der Waals surface area contributed by atoms with Gasteiger partial charge in [0.1, 0.15) is 11.6 Å². The Labute approximate surface area is 241 Å². The summed E-state index contributed by atoms with van der Waals surface area (Å²) in [5, 5.41) is 12.8.